The number of hydrogen-bond acceptors (Lipinski definition) is 8. The number of carbonyl (C=O) groups is 2. The van der Waals surface area contributed by atoms with Crippen molar-refractivity contribution in [2.24, 2.45) is 0 Å². The van der Waals surface area contributed by atoms with E-state index in [1.807, 2.05) is 36.4 Å². The van der Waals surface area contributed by atoms with Crippen LogP contribution in [0.4, 0.5) is 5.13 Å². The first-order chi connectivity index (χ1) is 13.1. The molecular formula is C18H13N3O4S2. The van der Waals surface area contributed by atoms with Crippen LogP contribution in [-0.4, -0.2) is 34.9 Å². The van der Waals surface area contributed by atoms with Gasteiger partial charge in [0.05, 0.1) is 12.9 Å². The Labute approximate surface area is 161 Å². The van der Waals surface area contributed by atoms with E-state index in [0.717, 1.165) is 16.2 Å². The monoisotopic (exact) mass is 399 g/mol. The van der Waals surface area contributed by atoms with E-state index < -0.39 is 5.91 Å². The topological polar surface area (TPSA) is 94.3 Å². The van der Waals surface area contributed by atoms with Crippen LogP contribution in [0.2, 0.25) is 0 Å². The van der Waals surface area contributed by atoms with Crippen molar-refractivity contribution in [3.63, 3.8) is 0 Å². The van der Waals surface area contributed by atoms with Crippen LogP contribution in [0.15, 0.2) is 51.2 Å². The van der Waals surface area contributed by atoms with E-state index in [-0.39, 0.29) is 17.5 Å². The van der Waals surface area contributed by atoms with Crippen LogP contribution in [0.5, 0.6) is 0 Å². The molecule has 136 valence electrons. The fourth-order valence-corrected chi connectivity index (χ4v) is 4.14. The highest BCUT2D eigenvalue weighted by molar-refractivity contribution is 8.01. The molecule has 0 aliphatic rings. The quantitative estimate of drug-likeness (QED) is 0.308. The van der Waals surface area contributed by atoms with Gasteiger partial charge in [-0.05, 0) is 22.9 Å². The largest absolute Gasteiger partial charge is 0.468 e. The highest BCUT2D eigenvalue weighted by atomic mass is 32.2. The summed E-state index contributed by atoms with van der Waals surface area (Å²) < 4.78 is 10.8. The van der Waals surface area contributed by atoms with E-state index in [1.54, 1.807) is 6.07 Å². The number of amides is 1. The molecule has 2 aromatic carbocycles. The Hall–Kier alpha value is -2.91. The van der Waals surface area contributed by atoms with Gasteiger partial charge in [0.25, 0.3) is 5.91 Å². The highest BCUT2D eigenvalue weighted by Crippen LogP contribution is 2.29. The number of hydrogen-bond donors (Lipinski definition) is 1. The second-order valence-corrected chi connectivity index (χ2v) is 7.70. The summed E-state index contributed by atoms with van der Waals surface area (Å²) in [6.45, 7) is 0. The fourth-order valence-electron chi connectivity index (χ4n) is 2.56. The number of methoxy groups -OCH3 is 1. The minimum absolute atomic E-state index is 0.135. The Morgan fingerprint density at radius 1 is 1.19 bits per heavy atom. The maximum atomic E-state index is 12.5. The van der Waals surface area contributed by atoms with Crippen LogP contribution in [0.1, 0.15) is 10.6 Å². The number of carbonyl (C=O) groups excluding carboxylic acids is 2. The zero-order valence-electron chi connectivity index (χ0n) is 14.1. The Morgan fingerprint density at radius 3 is 2.89 bits per heavy atom. The molecule has 4 rings (SSSR count). The van der Waals surface area contributed by atoms with Gasteiger partial charge in [0.15, 0.2) is 10.1 Å². The first kappa shape index (κ1) is 17.5. The summed E-state index contributed by atoms with van der Waals surface area (Å²) in [6, 6.07) is 13.4. The Kier molecular flexibility index (Phi) is 4.78. The molecule has 1 N–H and O–H groups in total. The Balaban J connectivity index is 1.52. The lowest BCUT2D eigenvalue weighted by molar-refractivity contribution is -0.137. The van der Waals surface area contributed by atoms with Crippen molar-refractivity contribution in [2.45, 2.75) is 4.34 Å². The van der Waals surface area contributed by atoms with Crippen LogP contribution in [0.25, 0.3) is 21.7 Å². The number of esters is 1. The molecule has 0 aliphatic carbocycles. The molecule has 1 amide bonds. The average Bonchev–Trinajstić information content (AvgIpc) is 3.33. The van der Waals surface area contributed by atoms with Crippen LogP contribution in [0, 0.1) is 0 Å². The number of rotatable bonds is 5. The third-order valence-electron chi connectivity index (χ3n) is 3.82. The van der Waals surface area contributed by atoms with Gasteiger partial charge in [0.2, 0.25) is 5.13 Å². The molecular weight excluding hydrogens is 386 g/mol. The van der Waals surface area contributed by atoms with Crippen LogP contribution in [0.3, 0.4) is 0 Å². The van der Waals surface area contributed by atoms with Gasteiger partial charge in [0.1, 0.15) is 5.58 Å². The van der Waals surface area contributed by atoms with Gasteiger partial charge in [-0.2, -0.15) is 0 Å². The van der Waals surface area contributed by atoms with Gasteiger partial charge in [0, 0.05) is 5.39 Å². The van der Waals surface area contributed by atoms with Crippen LogP contribution >= 0.6 is 23.1 Å². The molecule has 9 heteroatoms. The lowest BCUT2D eigenvalue weighted by Crippen LogP contribution is -2.10. The molecule has 7 nitrogen and oxygen atoms in total. The second kappa shape index (κ2) is 7.37. The predicted octanol–water partition coefficient (Wildman–Crippen LogP) is 3.95. The van der Waals surface area contributed by atoms with Crippen molar-refractivity contribution in [3.8, 4) is 0 Å². The van der Waals surface area contributed by atoms with Gasteiger partial charge < -0.3 is 9.15 Å². The first-order valence-electron chi connectivity index (χ1n) is 7.90. The van der Waals surface area contributed by atoms with Crippen molar-refractivity contribution < 1.29 is 18.7 Å². The Morgan fingerprint density at radius 2 is 2.04 bits per heavy atom. The number of aromatic nitrogens is 2. The number of furan rings is 1. The molecule has 0 radical (unpaired) electrons. The molecule has 0 spiro atoms. The molecule has 2 heterocycles. The van der Waals surface area contributed by atoms with Crippen molar-refractivity contribution in [1.82, 2.24) is 10.2 Å². The summed E-state index contributed by atoms with van der Waals surface area (Å²) in [7, 11) is 1.32. The van der Waals surface area contributed by atoms with Gasteiger partial charge in [-0.15, -0.1) is 10.2 Å². The molecule has 2 aromatic heterocycles. The number of ether oxygens (including phenoxy) is 1. The zero-order valence-corrected chi connectivity index (χ0v) is 15.7. The number of nitrogens with zero attached hydrogens (tertiary/aromatic N) is 2. The molecule has 4 aromatic rings. The molecule has 0 saturated heterocycles. The van der Waals surface area contributed by atoms with Gasteiger partial charge in [-0.1, -0.05) is 53.4 Å². The van der Waals surface area contributed by atoms with Crippen molar-refractivity contribution in [1.29, 1.82) is 0 Å². The van der Waals surface area contributed by atoms with Crippen molar-refractivity contribution in [3.05, 3.63) is 48.2 Å². The Bertz CT molecular complexity index is 1150. The number of fused-ring (bicyclic) bond motifs is 3. The van der Waals surface area contributed by atoms with Gasteiger partial charge >= 0.3 is 5.97 Å². The molecule has 0 aliphatic heterocycles. The summed E-state index contributed by atoms with van der Waals surface area (Å²) in [4.78, 5) is 23.7. The summed E-state index contributed by atoms with van der Waals surface area (Å²) >= 11 is 2.37. The second-order valence-electron chi connectivity index (χ2n) is 5.50. The van der Waals surface area contributed by atoms with Crippen molar-refractivity contribution >= 4 is 61.8 Å². The first-order valence-corrected chi connectivity index (χ1v) is 9.70. The highest BCUT2D eigenvalue weighted by Gasteiger charge is 2.16. The molecule has 0 unspecified atom stereocenters. The van der Waals surface area contributed by atoms with Crippen LogP contribution in [-0.2, 0) is 9.53 Å². The third-order valence-corrected chi connectivity index (χ3v) is 5.76. The third kappa shape index (κ3) is 3.64. The zero-order chi connectivity index (χ0) is 18.8. The SMILES string of the molecule is COC(=O)CSc1nnc(NC(=O)c2cc3c(ccc4ccccc43)o2)s1. The normalized spacial score (nSPS) is 11.0. The number of thioether (sulfide) groups is 1. The van der Waals surface area contributed by atoms with Crippen molar-refractivity contribution in [2.75, 3.05) is 18.2 Å². The standard InChI is InChI=1S/C18H13N3O4S2/c1-24-15(22)9-26-18-21-20-17(27-18)19-16(23)14-8-12-11-5-3-2-4-10(11)6-7-13(12)25-14/h2-8H,9H2,1H3,(H,19,20,23). The smallest absolute Gasteiger partial charge is 0.316 e. The average molecular weight is 399 g/mol. The van der Waals surface area contributed by atoms with E-state index in [4.69, 9.17) is 4.42 Å². The number of nitrogens with one attached hydrogen (secondary N) is 1. The summed E-state index contributed by atoms with van der Waals surface area (Å²) in [6.07, 6.45) is 0. The summed E-state index contributed by atoms with van der Waals surface area (Å²) in [5.74, 6) is -0.429. The molecule has 0 saturated carbocycles. The predicted molar refractivity (Wildman–Crippen MR) is 104 cm³/mol. The lowest BCUT2D eigenvalue weighted by Gasteiger charge is -1.96. The molecule has 27 heavy (non-hydrogen) atoms. The minimum Gasteiger partial charge on any atom is -0.468 e. The van der Waals surface area contributed by atoms with E-state index in [1.165, 1.54) is 30.2 Å². The van der Waals surface area contributed by atoms with E-state index in [2.05, 4.69) is 20.3 Å². The maximum absolute atomic E-state index is 12.5. The fraction of sp³-hybridized carbons (Fsp3) is 0.111. The summed E-state index contributed by atoms with van der Waals surface area (Å²) in [5.41, 5.74) is 0.644. The number of anilines is 1. The molecule has 0 atom stereocenters. The maximum Gasteiger partial charge on any atom is 0.316 e. The number of benzene rings is 2. The van der Waals surface area contributed by atoms with Gasteiger partial charge in [-0.25, -0.2) is 0 Å². The van der Waals surface area contributed by atoms with Crippen LogP contribution < -0.4 is 5.32 Å². The van der Waals surface area contributed by atoms with Gasteiger partial charge in [-0.3, -0.25) is 14.9 Å². The minimum atomic E-state index is -0.407. The lowest BCUT2D eigenvalue weighted by atomic mass is 10.1. The summed E-state index contributed by atoms with van der Waals surface area (Å²) in [5, 5.41) is 13.8. The van der Waals surface area contributed by atoms with E-state index >= 15 is 0 Å². The molecule has 0 bridgehead atoms. The molecule has 0 fully saturated rings. The van der Waals surface area contributed by atoms with E-state index in [0.29, 0.717) is 15.1 Å². The van der Waals surface area contributed by atoms with E-state index in [9.17, 15) is 9.59 Å².